The van der Waals surface area contributed by atoms with Gasteiger partial charge < -0.3 is 15.7 Å². The first kappa shape index (κ1) is 15.0. The predicted molar refractivity (Wildman–Crippen MR) is 78.8 cm³/mol. The van der Waals surface area contributed by atoms with Gasteiger partial charge in [0.15, 0.2) is 5.96 Å². The summed E-state index contributed by atoms with van der Waals surface area (Å²) in [6, 6.07) is 7.72. The summed E-state index contributed by atoms with van der Waals surface area (Å²) in [4.78, 5) is 4.03. The third kappa shape index (κ3) is 3.71. The van der Waals surface area contributed by atoms with Crippen LogP contribution in [0.5, 0.6) is 0 Å². The van der Waals surface area contributed by atoms with Crippen molar-refractivity contribution < 1.29 is 5.11 Å². The molecule has 1 aromatic carbocycles. The Morgan fingerprint density at radius 2 is 2.00 bits per heavy atom. The van der Waals surface area contributed by atoms with Crippen LogP contribution in [-0.2, 0) is 5.60 Å². The molecule has 0 spiro atoms. The van der Waals surface area contributed by atoms with E-state index in [1.807, 2.05) is 31.2 Å². The molecule has 0 fully saturated rings. The molecule has 0 aromatic heterocycles. The largest absolute Gasteiger partial charge is 0.383 e. The van der Waals surface area contributed by atoms with Crippen molar-refractivity contribution in [2.45, 2.75) is 18.9 Å². The summed E-state index contributed by atoms with van der Waals surface area (Å²) in [7, 11) is 3.49. The van der Waals surface area contributed by atoms with E-state index in [0.717, 1.165) is 10.0 Å². The van der Waals surface area contributed by atoms with E-state index in [1.165, 1.54) is 0 Å². The molecule has 0 aliphatic rings. The summed E-state index contributed by atoms with van der Waals surface area (Å²) in [5, 5.41) is 16.7. The van der Waals surface area contributed by atoms with E-state index in [2.05, 4.69) is 31.6 Å². The smallest absolute Gasteiger partial charge is 0.190 e. The van der Waals surface area contributed by atoms with Crippen LogP contribution in [0.4, 0.5) is 0 Å². The summed E-state index contributed by atoms with van der Waals surface area (Å²) < 4.78 is 1.00. The van der Waals surface area contributed by atoms with Crippen molar-refractivity contribution in [3.05, 3.63) is 34.3 Å². The molecule has 3 N–H and O–H groups in total. The van der Waals surface area contributed by atoms with E-state index in [4.69, 9.17) is 0 Å². The van der Waals surface area contributed by atoms with Crippen molar-refractivity contribution in [1.29, 1.82) is 0 Å². The zero-order valence-electron chi connectivity index (χ0n) is 11.0. The highest BCUT2D eigenvalue weighted by Crippen LogP contribution is 2.25. The fraction of sp³-hybridized carbons (Fsp3) is 0.462. The first-order valence-electron chi connectivity index (χ1n) is 5.92. The lowest BCUT2D eigenvalue weighted by atomic mass is 9.91. The standard InChI is InChI=1S/C13H20BrN3O/c1-4-13(18,9-17-12(15-2)16-3)10-5-7-11(14)8-6-10/h5-8,18H,4,9H2,1-3H3,(H2,15,16,17). The molecule has 4 nitrogen and oxygen atoms in total. The van der Waals surface area contributed by atoms with E-state index in [9.17, 15) is 5.11 Å². The second-order valence-corrected chi connectivity index (χ2v) is 4.98. The molecule has 1 atom stereocenters. The molecule has 1 rings (SSSR count). The number of nitrogens with zero attached hydrogens (tertiary/aromatic N) is 1. The molecule has 0 saturated heterocycles. The van der Waals surface area contributed by atoms with Gasteiger partial charge in [0, 0.05) is 18.6 Å². The summed E-state index contributed by atoms with van der Waals surface area (Å²) in [6.45, 7) is 2.38. The van der Waals surface area contributed by atoms with Crippen LogP contribution >= 0.6 is 15.9 Å². The zero-order chi connectivity index (χ0) is 13.6. The van der Waals surface area contributed by atoms with Gasteiger partial charge in [-0.05, 0) is 24.1 Å². The fourth-order valence-electron chi connectivity index (χ4n) is 1.70. The number of aliphatic imine (C=N–C) groups is 1. The molecule has 0 amide bonds. The lowest BCUT2D eigenvalue weighted by molar-refractivity contribution is 0.0370. The topological polar surface area (TPSA) is 56.6 Å². The molecule has 0 heterocycles. The van der Waals surface area contributed by atoms with Crippen LogP contribution in [0.2, 0.25) is 0 Å². The number of guanidine groups is 1. The number of hydrogen-bond acceptors (Lipinski definition) is 2. The Bertz CT molecular complexity index is 405. The number of nitrogens with one attached hydrogen (secondary N) is 2. The lowest BCUT2D eigenvalue weighted by Crippen LogP contribution is -2.44. The molecule has 0 saturated carbocycles. The lowest BCUT2D eigenvalue weighted by Gasteiger charge is -2.28. The molecule has 1 unspecified atom stereocenters. The highest BCUT2D eigenvalue weighted by Gasteiger charge is 2.27. The molecule has 5 heteroatoms. The van der Waals surface area contributed by atoms with E-state index in [0.29, 0.717) is 18.9 Å². The summed E-state index contributed by atoms with van der Waals surface area (Å²) in [6.07, 6.45) is 0.627. The van der Waals surface area contributed by atoms with Crippen LogP contribution in [0.3, 0.4) is 0 Å². The Labute approximate surface area is 117 Å². The monoisotopic (exact) mass is 313 g/mol. The van der Waals surface area contributed by atoms with Gasteiger partial charge in [0.05, 0.1) is 6.54 Å². The highest BCUT2D eigenvalue weighted by atomic mass is 79.9. The quantitative estimate of drug-likeness (QED) is 0.587. The van der Waals surface area contributed by atoms with Crippen molar-refractivity contribution >= 4 is 21.9 Å². The Morgan fingerprint density at radius 1 is 1.39 bits per heavy atom. The van der Waals surface area contributed by atoms with Crippen LogP contribution in [0.25, 0.3) is 0 Å². The Kier molecular flexibility index (Phi) is 5.62. The van der Waals surface area contributed by atoms with Crippen molar-refractivity contribution in [1.82, 2.24) is 10.6 Å². The average Bonchev–Trinajstić information content (AvgIpc) is 2.40. The first-order chi connectivity index (χ1) is 8.55. The van der Waals surface area contributed by atoms with Crippen molar-refractivity contribution in [3.8, 4) is 0 Å². The third-order valence-corrected chi connectivity index (χ3v) is 3.50. The van der Waals surface area contributed by atoms with E-state index < -0.39 is 5.60 Å². The maximum Gasteiger partial charge on any atom is 0.190 e. The van der Waals surface area contributed by atoms with Crippen molar-refractivity contribution in [3.63, 3.8) is 0 Å². The van der Waals surface area contributed by atoms with E-state index >= 15 is 0 Å². The van der Waals surface area contributed by atoms with Crippen molar-refractivity contribution in [2.75, 3.05) is 20.6 Å². The van der Waals surface area contributed by atoms with Crippen LogP contribution < -0.4 is 10.6 Å². The normalized spacial score (nSPS) is 15.1. The van der Waals surface area contributed by atoms with Crippen LogP contribution in [-0.4, -0.2) is 31.7 Å². The number of benzene rings is 1. The summed E-state index contributed by atoms with van der Waals surface area (Å²) >= 11 is 3.39. The van der Waals surface area contributed by atoms with Gasteiger partial charge in [-0.3, -0.25) is 4.99 Å². The molecule has 0 aliphatic heterocycles. The number of halogens is 1. The first-order valence-corrected chi connectivity index (χ1v) is 6.72. The number of rotatable bonds is 4. The molecule has 1 aromatic rings. The van der Waals surface area contributed by atoms with Gasteiger partial charge in [0.2, 0.25) is 0 Å². The van der Waals surface area contributed by atoms with Crippen LogP contribution in [0.15, 0.2) is 33.7 Å². The van der Waals surface area contributed by atoms with Gasteiger partial charge in [-0.15, -0.1) is 0 Å². The molecular formula is C13H20BrN3O. The Hall–Kier alpha value is -1.07. The molecule has 0 aliphatic carbocycles. The van der Waals surface area contributed by atoms with E-state index in [-0.39, 0.29) is 0 Å². The summed E-state index contributed by atoms with van der Waals surface area (Å²) in [5.41, 5.74) is 0.000260. The van der Waals surface area contributed by atoms with E-state index in [1.54, 1.807) is 14.1 Å². The summed E-state index contributed by atoms with van der Waals surface area (Å²) in [5.74, 6) is 0.666. The van der Waals surface area contributed by atoms with Gasteiger partial charge >= 0.3 is 0 Å². The molecule has 0 radical (unpaired) electrons. The third-order valence-electron chi connectivity index (χ3n) is 2.98. The highest BCUT2D eigenvalue weighted by molar-refractivity contribution is 9.10. The second kappa shape index (κ2) is 6.75. The van der Waals surface area contributed by atoms with Crippen LogP contribution in [0.1, 0.15) is 18.9 Å². The Balaban J connectivity index is 2.82. The van der Waals surface area contributed by atoms with Gasteiger partial charge in [0.1, 0.15) is 5.60 Å². The van der Waals surface area contributed by atoms with Crippen LogP contribution in [0, 0.1) is 0 Å². The Morgan fingerprint density at radius 3 is 2.44 bits per heavy atom. The van der Waals surface area contributed by atoms with Gasteiger partial charge in [-0.2, -0.15) is 0 Å². The SMILES string of the molecule is CCC(O)(CNC(=NC)NC)c1ccc(Br)cc1. The average molecular weight is 314 g/mol. The van der Waals surface area contributed by atoms with Gasteiger partial charge in [-0.25, -0.2) is 0 Å². The molecule has 100 valence electrons. The maximum absolute atomic E-state index is 10.7. The van der Waals surface area contributed by atoms with Gasteiger partial charge in [0.25, 0.3) is 0 Å². The molecule has 18 heavy (non-hydrogen) atoms. The minimum Gasteiger partial charge on any atom is -0.383 e. The second-order valence-electron chi connectivity index (χ2n) is 4.07. The minimum absolute atomic E-state index is 0.415. The maximum atomic E-state index is 10.7. The predicted octanol–water partition coefficient (Wildman–Crippen LogP) is 1.84. The minimum atomic E-state index is -0.895. The van der Waals surface area contributed by atoms with Gasteiger partial charge in [-0.1, -0.05) is 35.0 Å². The van der Waals surface area contributed by atoms with Crippen molar-refractivity contribution in [2.24, 2.45) is 4.99 Å². The number of aliphatic hydroxyl groups is 1. The zero-order valence-corrected chi connectivity index (χ0v) is 12.6. The molecule has 0 bridgehead atoms. The number of hydrogen-bond donors (Lipinski definition) is 3. The fourth-order valence-corrected chi connectivity index (χ4v) is 1.96. The molecular weight excluding hydrogens is 294 g/mol.